The van der Waals surface area contributed by atoms with E-state index in [4.69, 9.17) is 0 Å². The Morgan fingerprint density at radius 1 is 0.302 bits per heavy atom. The van der Waals surface area contributed by atoms with Crippen LogP contribution in [-0.2, 0) is 51.4 Å². The van der Waals surface area contributed by atoms with Crippen LogP contribution in [0.3, 0.4) is 0 Å². The standard InChI is InChI=1S/5C11H13N.3C10H12N2/c3*1-8(2)9-5-6-11-10(9)4-3-7-12-11;2*1-8(2)10-6-9-4-3-5-12-11(9)7-10;1-7(2)8-3-9-5-11-6-12-10(9)4-8;1-7(2)9-6-10-8(12-9)4-3-5-11-10;1-7(2)9-6-8-4-3-5-11-10(8)12-9/h3*3-5,7-8H,6H2,1-2H3;2*3-6,8H,7H2,1-2H3;3,5-7H,4H2,1-2H3;2*3-5,7H,6H2,1-2H3. The van der Waals surface area contributed by atoms with E-state index >= 15 is 0 Å². The van der Waals surface area contributed by atoms with Gasteiger partial charge in [-0.1, -0.05) is 200 Å². The van der Waals surface area contributed by atoms with Crippen molar-refractivity contribution < 1.29 is 0 Å². The third-order valence-corrected chi connectivity index (χ3v) is 18.4. The number of aromatic nitrogens is 9. The molecule has 0 fully saturated rings. The molecule has 0 radical (unpaired) electrons. The highest BCUT2D eigenvalue weighted by atomic mass is 14.9. The quantitative estimate of drug-likeness (QED) is 0.145. The Bertz CT molecular complexity index is 3670. The van der Waals surface area contributed by atoms with Crippen LogP contribution >= 0.6 is 0 Å². The van der Waals surface area contributed by atoms with Gasteiger partial charge in [0.05, 0.1) is 45.5 Å². The smallest absolute Gasteiger partial charge is 0.155 e. The zero-order chi connectivity index (χ0) is 68.4. The molecule has 6 aliphatic carbocycles. The van der Waals surface area contributed by atoms with Gasteiger partial charge in [0.25, 0.3) is 0 Å². The Morgan fingerprint density at radius 2 is 0.667 bits per heavy atom. The minimum absolute atomic E-state index is 0.541. The van der Waals surface area contributed by atoms with Crippen molar-refractivity contribution in [1.29, 1.82) is 0 Å². The molecule has 0 saturated carbocycles. The maximum Gasteiger partial charge on any atom is 0.155 e. The average molecular weight is 1280 g/mol. The predicted octanol–water partition coefficient (Wildman–Crippen LogP) is 20.2. The third kappa shape index (κ3) is 18.9. The normalized spacial score (nSPS) is 14.8. The summed E-state index contributed by atoms with van der Waals surface area (Å²) in [6.07, 6.45) is 38.2. The molecule has 0 amide bonds. The van der Waals surface area contributed by atoms with E-state index < -0.39 is 0 Å². The molecule has 0 saturated heterocycles. The summed E-state index contributed by atoms with van der Waals surface area (Å²) in [5, 5.41) is 0. The molecule has 0 unspecified atom stereocenters. The second kappa shape index (κ2) is 34.0. The van der Waals surface area contributed by atoms with E-state index in [9.17, 15) is 0 Å². The summed E-state index contributed by atoms with van der Waals surface area (Å²) < 4.78 is 0. The predicted molar refractivity (Wildman–Crippen MR) is 402 cm³/mol. The summed E-state index contributed by atoms with van der Waals surface area (Å²) in [6, 6.07) is 28.8. The van der Waals surface area contributed by atoms with Gasteiger partial charge < -0.3 is 0 Å². The van der Waals surface area contributed by atoms with Gasteiger partial charge in [-0.15, -0.1) is 0 Å². The zero-order valence-electron chi connectivity index (χ0n) is 59.9. The molecule has 0 aromatic carbocycles. The molecule has 10 heterocycles. The number of hydrogen-bond acceptors (Lipinski definition) is 11. The molecule has 8 aromatic heterocycles. The number of allylic oxidation sites excluding steroid dienone is 9. The van der Waals surface area contributed by atoms with E-state index in [2.05, 4.69) is 238 Å². The highest BCUT2D eigenvalue weighted by molar-refractivity contribution is 5.95. The van der Waals surface area contributed by atoms with Gasteiger partial charge in [0.2, 0.25) is 0 Å². The summed E-state index contributed by atoms with van der Waals surface area (Å²) >= 11 is 0. The van der Waals surface area contributed by atoms with Gasteiger partial charge in [0, 0.05) is 123 Å². The van der Waals surface area contributed by atoms with Crippen LogP contribution in [0.4, 0.5) is 11.5 Å². The molecule has 0 N–H and O–H groups in total. The van der Waals surface area contributed by atoms with Gasteiger partial charge in [-0.2, -0.15) is 0 Å². The van der Waals surface area contributed by atoms with Crippen molar-refractivity contribution in [3.05, 3.63) is 255 Å². The fourth-order valence-electron chi connectivity index (χ4n) is 12.5. The van der Waals surface area contributed by atoms with Crippen LogP contribution < -0.4 is 0 Å². The van der Waals surface area contributed by atoms with Gasteiger partial charge in [-0.05, 0) is 140 Å². The SMILES string of the molecule is CC(C)C1=CCc2ncccc21.CC(C)C1=CCc2ncccc21.CC(C)C1=CCc2ncccc21.CC(C)C1=Cc2cccnc2C1.CC(C)C1=Cc2cccnc2C1.CC(C)C1=Cc2cncnc2C1.CC(C)C1=Nc2cccnc2C1.CC(C)C1=Nc2ncccc2C1. The van der Waals surface area contributed by atoms with Crippen molar-refractivity contribution in [3.8, 4) is 0 Å². The molecular weight excluding hydrogens is 1180 g/mol. The number of pyridine rings is 7. The van der Waals surface area contributed by atoms with Crippen molar-refractivity contribution >= 4 is 57.9 Å². The van der Waals surface area contributed by atoms with Crippen LogP contribution in [0.15, 0.2) is 186 Å². The van der Waals surface area contributed by atoms with Crippen molar-refractivity contribution in [2.75, 3.05) is 0 Å². The van der Waals surface area contributed by atoms with E-state index in [-0.39, 0.29) is 0 Å². The number of rotatable bonds is 8. The molecule has 496 valence electrons. The van der Waals surface area contributed by atoms with E-state index in [1.54, 1.807) is 12.5 Å². The van der Waals surface area contributed by atoms with Crippen molar-refractivity contribution in [3.63, 3.8) is 0 Å². The van der Waals surface area contributed by atoms with E-state index in [0.29, 0.717) is 47.3 Å². The van der Waals surface area contributed by atoms with Crippen molar-refractivity contribution in [1.82, 2.24) is 44.9 Å². The Kier molecular flexibility index (Phi) is 25.2. The first-order chi connectivity index (χ1) is 46.2. The summed E-state index contributed by atoms with van der Waals surface area (Å²) in [7, 11) is 0. The van der Waals surface area contributed by atoms with Crippen molar-refractivity contribution in [2.45, 2.75) is 162 Å². The number of hydrogen-bond donors (Lipinski definition) is 0. The zero-order valence-corrected chi connectivity index (χ0v) is 59.9. The lowest BCUT2D eigenvalue weighted by atomic mass is 9.99. The molecule has 2 aliphatic heterocycles. The molecule has 8 aromatic rings. The molecule has 8 aliphatic rings. The monoisotopic (exact) mass is 1280 g/mol. The lowest BCUT2D eigenvalue weighted by Gasteiger charge is -2.07. The molecule has 0 bridgehead atoms. The minimum Gasteiger partial charge on any atom is -0.260 e. The first-order valence-corrected chi connectivity index (χ1v) is 35.0. The second-order valence-corrected chi connectivity index (χ2v) is 28.0. The summed E-state index contributed by atoms with van der Waals surface area (Å²) in [6.45, 7) is 35.4. The highest BCUT2D eigenvalue weighted by Crippen LogP contribution is 2.35. The molecule has 11 nitrogen and oxygen atoms in total. The highest BCUT2D eigenvalue weighted by Gasteiger charge is 2.22. The topological polar surface area (TPSA) is 141 Å². The van der Waals surface area contributed by atoms with Gasteiger partial charge in [-0.3, -0.25) is 34.9 Å². The second-order valence-electron chi connectivity index (χ2n) is 28.0. The van der Waals surface area contributed by atoms with Gasteiger partial charge in [0.1, 0.15) is 6.33 Å². The Morgan fingerprint density at radius 3 is 1.05 bits per heavy atom. The number of nitrogens with zero attached hydrogens (tertiary/aromatic N) is 11. The van der Waals surface area contributed by atoms with Crippen LogP contribution in [0.5, 0.6) is 0 Å². The van der Waals surface area contributed by atoms with Gasteiger partial charge >= 0.3 is 0 Å². The average Bonchev–Trinajstić information content (AvgIpc) is 1.82. The van der Waals surface area contributed by atoms with Crippen LogP contribution in [0.2, 0.25) is 0 Å². The maximum absolute atomic E-state index is 4.51. The molecule has 16 rings (SSSR count). The lowest BCUT2D eigenvalue weighted by Crippen LogP contribution is -2.06. The Hall–Kier alpha value is -9.09. The number of fused-ring (bicyclic) bond motifs is 8. The van der Waals surface area contributed by atoms with Crippen LogP contribution in [0, 0.1) is 47.3 Å². The fraction of sp³-hybridized carbons (Fsp3) is 0.376. The molecule has 96 heavy (non-hydrogen) atoms. The van der Waals surface area contributed by atoms with Crippen LogP contribution in [0.25, 0.3) is 34.9 Å². The first kappa shape index (κ1) is 71.2. The molecule has 11 heteroatoms. The Balaban J connectivity index is 0.000000129. The van der Waals surface area contributed by atoms with E-state index in [1.807, 2.05) is 91.9 Å². The summed E-state index contributed by atoms with van der Waals surface area (Å²) in [5.41, 5.74) is 30.0. The minimum atomic E-state index is 0.541. The van der Waals surface area contributed by atoms with Gasteiger partial charge in [-0.25, -0.2) is 19.9 Å². The largest absolute Gasteiger partial charge is 0.260 e. The summed E-state index contributed by atoms with van der Waals surface area (Å²) in [5.74, 6) is 5.79. The first-order valence-electron chi connectivity index (χ1n) is 35.0. The maximum atomic E-state index is 4.51. The Labute approximate surface area is 573 Å². The van der Waals surface area contributed by atoms with E-state index in [0.717, 1.165) is 68.6 Å². The van der Waals surface area contributed by atoms with E-state index in [1.165, 1.54) is 118 Å². The third-order valence-electron chi connectivity index (χ3n) is 18.4. The molecule has 0 spiro atoms. The lowest BCUT2D eigenvalue weighted by molar-refractivity contribution is 0.749. The van der Waals surface area contributed by atoms with Gasteiger partial charge in [0.15, 0.2) is 5.82 Å². The summed E-state index contributed by atoms with van der Waals surface area (Å²) in [4.78, 5) is 47.4. The van der Waals surface area contributed by atoms with Crippen LogP contribution in [-0.4, -0.2) is 56.3 Å². The number of aliphatic imine (C=N–C) groups is 2. The fourth-order valence-corrected chi connectivity index (χ4v) is 12.5. The van der Waals surface area contributed by atoms with Crippen LogP contribution in [0.1, 0.15) is 190 Å². The van der Waals surface area contributed by atoms with Crippen molar-refractivity contribution in [2.24, 2.45) is 57.3 Å². The molecule has 0 atom stereocenters. The molecular formula is C85H101N11.